The van der Waals surface area contributed by atoms with Gasteiger partial charge in [-0.3, -0.25) is 9.78 Å². The zero-order valence-electron chi connectivity index (χ0n) is 10.8. The summed E-state index contributed by atoms with van der Waals surface area (Å²) in [6.07, 6.45) is 3.78. The quantitative estimate of drug-likeness (QED) is 0.830. The molecule has 3 amide bonds. The smallest absolute Gasteiger partial charge is 0.315 e. The first-order chi connectivity index (χ1) is 9.25. The van der Waals surface area contributed by atoms with E-state index in [-0.39, 0.29) is 18.5 Å². The Morgan fingerprint density at radius 2 is 2.00 bits per heavy atom. The number of urea groups is 1. The Labute approximate surface area is 112 Å². The fourth-order valence-electron chi connectivity index (χ4n) is 1.97. The van der Waals surface area contributed by atoms with E-state index in [0.29, 0.717) is 6.54 Å². The van der Waals surface area contributed by atoms with Crippen LogP contribution in [0.3, 0.4) is 0 Å². The molecule has 2 heterocycles. The average Bonchev–Trinajstić information content (AvgIpc) is 2.98. The predicted molar refractivity (Wildman–Crippen MR) is 70.3 cm³/mol. The van der Waals surface area contributed by atoms with Gasteiger partial charge in [-0.05, 0) is 25.0 Å². The summed E-state index contributed by atoms with van der Waals surface area (Å²) in [5.41, 5.74) is 0.781. The lowest BCUT2D eigenvalue weighted by atomic mass is 10.3. The van der Waals surface area contributed by atoms with Crippen molar-refractivity contribution in [3.05, 3.63) is 30.1 Å². The van der Waals surface area contributed by atoms with Gasteiger partial charge in [-0.25, -0.2) is 4.79 Å². The van der Waals surface area contributed by atoms with Gasteiger partial charge < -0.3 is 15.5 Å². The van der Waals surface area contributed by atoms with Crippen molar-refractivity contribution < 1.29 is 9.59 Å². The number of hydrogen-bond donors (Lipinski definition) is 2. The molecule has 0 bridgehead atoms. The summed E-state index contributed by atoms with van der Waals surface area (Å²) in [5.74, 6) is -0.0227. The molecule has 102 valence electrons. The SMILES string of the molecule is O=C(NCC(=O)N1CCCC1)NCc1ccccn1. The highest BCUT2D eigenvalue weighted by Crippen LogP contribution is 2.06. The summed E-state index contributed by atoms with van der Waals surface area (Å²) in [4.78, 5) is 29.1. The van der Waals surface area contributed by atoms with Crippen LogP contribution < -0.4 is 10.6 Å². The second-order valence-electron chi connectivity index (χ2n) is 4.45. The van der Waals surface area contributed by atoms with Crippen LogP contribution in [0.25, 0.3) is 0 Å². The van der Waals surface area contributed by atoms with E-state index in [1.807, 2.05) is 18.2 Å². The zero-order valence-corrected chi connectivity index (χ0v) is 10.8. The van der Waals surface area contributed by atoms with Crippen LogP contribution >= 0.6 is 0 Å². The Kier molecular flexibility index (Phi) is 4.72. The van der Waals surface area contributed by atoms with Crippen LogP contribution in [-0.4, -0.2) is 41.5 Å². The predicted octanol–water partition coefficient (Wildman–Crippen LogP) is 0.503. The highest BCUT2D eigenvalue weighted by atomic mass is 16.2. The first-order valence-corrected chi connectivity index (χ1v) is 6.45. The van der Waals surface area contributed by atoms with Crippen molar-refractivity contribution in [3.8, 4) is 0 Å². The standard InChI is InChI=1S/C13H18N4O2/c18-12(17-7-3-4-8-17)10-16-13(19)15-9-11-5-1-2-6-14-11/h1-2,5-6H,3-4,7-10H2,(H2,15,16,19). The third-order valence-electron chi connectivity index (χ3n) is 3.02. The number of nitrogens with one attached hydrogen (secondary N) is 2. The molecule has 0 spiro atoms. The number of carbonyl (C=O) groups excluding carboxylic acids is 2. The van der Waals surface area contributed by atoms with Crippen molar-refractivity contribution in [1.29, 1.82) is 0 Å². The third-order valence-corrected chi connectivity index (χ3v) is 3.02. The van der Waals surface area contributed by atoms with Gasteiger partial charge in [-0.1, -0.05) is 6.07 Å². The first-order valence-electron chi connectivity index (χ1n) is 6.45. The van der Waals surface area contributed by atoms with Gasteiger partial charge in [0, 0.05) is 19.3 Å². The molecule has 1 saturated heterocycles. The molecule has 0 unspecified atom stereocenters. The number of amides is 3. The van der Waals surface area contributed by atoms with Crippen LogP contribution in [-0.2, 0) is 11.3 Å². The molecule has 0 radical (unpaired) electrons. The van der Waals surface area contributed by atoms with Crippen LogP contribution in [0.5, 0.6) is 0 Å². The Balaban J connectivity index is 1.65. The van der Waals surface area contributed by atoms with Crippen LogP contribution in [0.4, 0.5) is 4.79 Å². The van der Waals surface area contributed by atoms with Crippen molar-refractivity contribution in [3.63, 3.8) is 0 Å². The highest BCUT2D eigenvalue weighted by Gasteiger charge is 2.17. The fourth-order valence-corrected chi connectivity index (χ4v) is 1.97. The first kappa shape index (κ1) is 13.3. The van der Waals surface area contributed by atoms with Crippen LogP contribution in [0.1, 0.15) is 18.5 Å². The largest absolute Gasteiger partial charge is 0.341 e. The summed E-state index contributed by atoms with van der Waals surface area (Å²) in [6, 6.07) is 5.16. The number of aromatic nitrogens is 1. The molecule has 0 atom stereocenters. The second kappa shape index (κ2) is 6.72. The number of nitrogens with zero attached hydrogens (tertiary/aromatic N) is 2. The Hall–Kier alpha value is -2.11. The molecule has 1 aliphatic heterocycles. The van der Waals surface area contributed by atoms with E-state index in [2.05, 4.69) is 15.6 Å². The zero-order chi connectivity index (χ0) is 13.5. The number of hydrogen-bond acceptors (Lipinski definition) is 3. The lowest BCUT2D eigenvalue weighted by Crippen LogP contribution is -2.42. The molecule has 6 heteroatoms. The van der Waals surface area contributed by atoms with E-state index in [4.69, 9.17) is 0 Å². The van der Waals surface area contributed by atoms with Crippen molar-refractivity contribution in [1.82, 2.24) is 20.5 Å². The van der Waals surface area contributed by atoms with Crippen molar-refractivity contribution in [2.75, 3.05) is 19.6 Å². The van der Waals surface area contributed by atoms with Gasteiger partial charge in [0.2, 0.25) is 5.91 Å². The van der Waals surface area contributed by atoms with E-state index in [9.17, 15) is 9.59 Å². The maximum absolute atomic E-state index is 11.7. The summed E-state index contributed by atoms with van der Waals surface area (Å²) in [7, 11) is 0. The monoisotopic (exact) mass is 262 g/mol. The molecule has 1 aromatic rings. The van der Waals surface area contributed by atoms with Crippen LogP contribution in [0.15, 0.2) is 24.4 Å². The molecule has 2 rings (SSSR count). The molecule has 1 aliphatic rings. The van der Waals surface area contributed by atoms with Gasteiger partial charge in [0.05, 0.1) is 18.8 Å². The molecule has 2 N–H and O–H groups in total. The molecule has 1 aromatic heterocycles. The minimum absolute atomic E-state index is 0.0227. The number of likely N-dealkylation sites (tertiary alicyclic amines) is 1. The maximum Gasteiger partial charge on any atom is 0.315 e. The molecule has 0 aromatic carbocycles. The normalized spacial score (nSPS) is 14.2. The van der Waals surface area contributed by atoms with Gasteiger partial charge in [-0.15, -0.1) is 0 Å². The number of pyridine rings is 1. The average molecular weight is 262 g/mol. The third kappa shape index (κ3) is 4.24. The van der Waals surface area contributed by atoms with E-state index in [0.717, 1.165) is 31.6 Å². The van der Waals surface area contributed by atoms with Crippen LogP contribution in [0, 0.1) is 0 Å². The molecule has 19 heavy (non-hydrogen) atoms. The van der Waals surface area contributed by atoms with Gasteiger partial charge >= 0.3 is 6.03 Å². The summed E-state index contributed by atoms with van der Waals surface area (Å²) in [6.45, 7) is 2.00. The number of rotatable bonds is 4. The van der Waals surface area contributed by atoms with Crippen molar-refractivity contribution >= 4 is 11.9 Å². The van der Waals surface area contributed by atoms with Crippen molar-refractivity contribution in [2.45, 2.75) is 19.4 Å². The minimum atomic E-state index is -0.349. The van der Waals surface area contributed by atoms with E-state index in [1.165, 1.54) is 0 Å². The van der Waals surface area contributed by atoms with Crippen molar-refractivity contribution in [2.24, 2.45) is 0 Å². The lowest BCUT2D eigenvalue weighted by Gasteiger charge is -2.15. The Bertz CT molecular complexity index is 430. The molecule has 0 saturated carbocycles. The van der Waals surface area contributed by atoms with E-state index in [1.54, 1.807) is 11.1 Å². The maximum atomic E-state index is 11.7. The highest BCUT2D eigenvalue weighted by molar-refractivity contribution is 5.84. The van der Waals surface area contributed by atoms with E-state index >= 15 is 0 Å². The van der Waals surface area contributed by atoms with Gasteiger partial charge in [0.1, 0.15) is 0 Å². The van der Waals surface area contributed by atoms with Crippen LogP contribution in [0.2, 0.25) is 0 Å². The van der Waals surface area contributed by atoms with E-state index < -0.39 is 0 Å². The minimum Gasteiger partial charge on any atom is -0.341 e. The summed E-state index contributed by atoms with van der Waals surface area (Å²) >= 11 is 0. The Morgan fingerprint density at radius 3 is 2.68 bits per heavy atom. The summed E-state index contributed by atoms with van der Waals surface area (Å²) < 4.78 is 0. The second-order valence-corrected chi connectivity index (χ2v) is 4.45. The summed E-state index contributed by atoms with van der Waals surface area (Å²) in [5, 5.41) is 5.22. The topological polar surface area (TPSA) is 74.3 Å². The fraction of sp³-hybridized carbons (Fsp3) is 0.462. The lowest BCUT2D eigenvalue weighted by molar-refractivity contribution is -0.128. The molecule has 1 fully saturated rings. The number of carbonyl (C=O) groups is 2. The van der Waals surface area contributed by atoms with Gasteiger partial charge in [-0.2, -0.15) is 0 Å². The molecular formula is C13H18N4O2. The van der Waals surface area contributed by atoms with Gasteiger partial charge in [0.25, 0.3) is 0 Å². The van der Waals surface area contributed by atoms with Gasteiger partial charge in [0.15, 0.2) is 0 Å². The molecule has 0 aliphatic carbocycles. The molecule has 6 nitrogen and oxygen atoms in total. The molecular weight excluding hydrogens is 244 g/mol. The Morgan fingerprint density at radius 1 is 1.21 bits per heavy atom.